The number of rotatable bonds is 10. The van der Waals surface area contributed by atoms with Gasteiger partial charge >= 0.3 is 0 Å². The Morgan fingerprint density at radius 1 is 1.03 bits per heavy atom. The van der Waals surface area contributed by atoms with Gasteiger partial charge in [0.05, 0.1) is 18.9 Å². The molecular formula is C22H25N5O3S. The van der Waals surface area contributed by atoms with Gasteiger partial charge in [0.2, 0.25) is 5.91 Å². The highest BCUT2D eigenvalue weighted by molar-refractivity contribution is 7.99. The molecule has 2 amide bonds. The highest BCUT2D eigenvalue weighted by Crippen LogP contribution is 2.19. The molecule has 2 aromatic carbocycles. The van der Waals surface area contributed by atoms with E-state index in [1.807, 2.05) is 48.7 Å². The maximum atomic E-state index is 12.3. The van der Waals surface area contributed by atoms with Crippen LogP contribution in [0.4, 0.5) is 5.69 Å². The average molecular weight is 440 g/mol. The average Bonchev–Trinajstić information content (AvgIpc) is 3.20. The number of nitrogens with zero attached hydrogens (tertiary/aromatic N) is 3. The van der Waals surface area contributed by atoms with E-state index < -0.39 is 0 Å². The normalized spacial score (nSPS) is 10.5. The van der Waals surface area contributed by atoms with Crippen LogP contribution < -0.4 is 15.4 Å². The first-order valence-corrected chi connectivity index (χ1v) is 11.0. The molecule has 0 aliphatic carbocycles. The first-order chi connectivity index (χ1) is 15.1. The van der Waals surface area contributed by atoms with Gasteiger partial charge < -0.3 is 19.9 Å². The summed E-state index contributed by atoms with van der Waals surface area (Å²) in [5.41, 5.74) is 1.29. The Hall–Kier alpha value is -3.33. The Labute approximate surface area is 185 Å². The number of carbonyl (C=O) groups is 2. The topological polar surface area (TPSA) is 98.1 Å². The van der Waals surface area contributed by atoms with Crippen molar-refractivity contribution in [3.63, 3.8) is 0 Å². The molecule has 0 fully saturated rings. The van der Waals surface area contributed by atoms with Crippen LogP contribution in [0, 0.1) is 0 Å². The molecule has 162 valence electrons. The number of benzene rings is 2. The fourth-order valence-electron chi connectivity index (χ4n) is 2.85. The zero-order valence-electron chi connectivity index (χ0n) is 17.5. The minimum absolute atomic E-state index is 0.140. The first kappa shape index (κ1) is 22.4. The molecule has 0 bridgehead atoms. The largest absolute Gasteiger partial charge is 0.494 e. The van der Waals surface area contributed by atoms with Gasteiger partial charge in [-0.05, 0) is 50.2 Å². The summed E-state index contributed by atoms with van der Waals surface area (Å²) in [6.07, 6.45) is 0. The summed E-state index contributed by atoms with van der Waals surface area (Å²) in [6.45, 7) is 5.37. The van der Waals surface area contributed by atoms with Gasteiger partial charge in [0.1, 0.15) is 5.75 Å². The molecule has 8 nitrogen and oxygen atoms in total. The third kappa shape index (κ3) is 6.32. The van der Waals surface area contributed by atoms with Crippen LogP contribution >= 0.6 is 11.8 Å². The lowest BCUT2D eigenvalue weighted by Gasteiger charge is -2.09. The van der Waals surface area contributed by atoms with Crippen LogP contribution in [0.15, 0.2) is 59.8 Å². The number of anilines is 1. The zero-order valence-corrected chi connectivity index (χ0v) is 18.3. The molecule has 0 spiro atoms. The molecule has 0 radical (unpaired) electrons. The van der Waals surface area contributed by atoms with Gasteiger partial charge in [0.25, 0.3) is 5.91 Å². The van der Waals surface area contributed by atoms with Crippen molar-refractivity contribution >= 4 is 29.3 Å². The molecule has 9 heteroatoms. The number of ether oxygens (including phenoxy) is 1. The quantitative estimate of drug-likeness (QED) is 0.470. The summed E-state index contributed by atoms with van der Waals surface area (Å²) in [5, 5.41) is 14.7. The molecule has 0 aliphatic rings. The third-order valence-electron chi connectivity index (χ3n) is 4.33. The molecule has 0 saturated heterocycles. The predicted molar refractivity (Wildman–Crippen MR) is 120 cm³/mol. The van der Waals surface area contributed by atoms with Crippen LogP contribution in [-0.4, -0.2) is 38.9 Å². The second kappa shape index (κ2) is 11.2. The predicted octanol–water partition coefficient (Wildman–Crippen LogP) is 3.36. The fourth-order valence-corrected chi connectivity index (χ4v) is 3.67. The van der Waals surface area contributed by atoms with Gasteiger partial charge in [0.15, 0.2) is 11.0 Å². The molecular weight excluding hydrogens is 414 g/mol. The van der Waals surface area contributed by atoms with E-state index >= 15 is 0 Å². The molecule has 1 heterocycles. The Bertz CT molecular complexity index is 1010. The van der Waals surface area contributed by atoms with E-state index in [1.165, 1.54) is 11.8 Å². The third-order valence-corrected chi connectivity index (χ3v) is 5.30. The van der Waals surface area contributed by atoms with Crippen molar-refractivity contribution in [2.24, 2.45) is 0 Å². The van der Waals surface area contributed by atoms with E-state index in [0.29, 0.717) is 35.4 Å². The smallest absolute Gasteiger partial charge is 0.251 e. The maximum absolute atomic E-state index is 12.3. The zero-order chi connectivity index (χ0) is 22.1. The van der Waals surface area contributed by atoms with Crippen molar-refractivity contribution in [3.8, 4) is 5.75 Å². The highest BCUT2D eigenvalue weighted by atomic mass is 32.2. The second-order valence-corrected chi connectivity index (χ2v) is 7.43. The van der Waals surface area contributed by atoms with E-state index in [2.05, 4.69) is 20.8 Å². The molecule has 0 atom stereocenters. The number of hydrogen-bond acceptors (Lipinski definition) is 6. The minimum Gasteiger partial charge on any atom is -0.494 e. The second-order valence-electron chi connectivity index (χ2n) is 6.49. The van der Waals surface area contributed by atoms with E-state index in [-0.39, 0.29) is 24.1 Å². The molecule has 0 aliphatic heterocycles. The molecule has 3 rings (SSSR count). The van der Waals surface area contributed by atoms with Gasteiger partial charge in [-0.3, -0.25) is 9.59 Å². The van der Waals surface area contributed by atoms with Gasteiger partial charge in [-0.2, -0.15) is 0 Å². The summed E-state index contributed by atoms with van der Waals surface area (Å²) in [5.74, 6) is 1.29. The van der Waals surface area contributed by atoms with E-state index in [1.54, 1.807) is 24.3 Å². The molecule has 3 aromatic rings. The van der Waals surface area contributed by atoms with Crippen molar-refractivity contribution in [1.82, 2.24) is 20.1 Å². The van der Waals surface area contributed by atoms with Crippen LogP contribution in [0.2, 0.25) is 0 Å². The number of aromatic nitrogens is 3. The van der Waals surface area contributed by atoms with E-state index in [4.69, 9.17) is 4.74 Å². The van der Waals surface area contributed by atoms with Gasteiger partial charge in [-0.15, -0.1) is 10.2 Å². The monoisotopic (exact) mass is 439 g/mol. The summed E-state index contributed by atoms with van der Waals surface area (Å²) in [4.78, 5) is 24.5. The van der Waals surface area contributed by atoms with Crippen LogP contribution in [0.5, 0.6) is 5.75 Å². The number of amides is 2. The van der Waals surface area contributed by atoms with Crippen LogP contribution in [0.1, 0.15) is 30.0 Å². The standard InChI is InChI=1S/C22H25N5O3S/c1-3-27-19(14-23-21(29)16-8-6-5-7-9-16)25-26-22(27)31-15-20(28)24-17-10-12-18(13-11-17)30-4-2/h5-13H,3-4,14-15H2,1-2H3,(H,23,29)(H,24,28). The minimum atomic E-state index is -0.171. The van der Waals surface area contributed by atoms with Crippen molar-refractivity contribution in [1.29, 1.82) is 0 Å². The number of nitrogens with one attached hydrogen (secondary N) is 2. The lowest BCUT2D eigenvalue weighted by Crippen LogP contribution is -2.24. The summed E-state index contributed by atoms with van der Waals surface area (Å²) in [7, 11) is 0. The van der Waals surface area contributed by atoms with Crippen molar-refractivity contribution in [2.45, 2.75) is 32.1 Å². The van der Waals surface area contributed by atoms with Crippen molar-refractivity contribution < 1.29 is 14.3 Å². The van der Waals surface area contributed by atoms with Gasteiger partial charge in [-0.1, -0.05) is 30.0 Å². The molecule has 31 heavy (non-hydrogen) atoms. The first-order valence-electron chi connectivity index (χ1n) is 10.0. The summed E-state index contributed by atoms with van der Waals surface area (Å²) in [6, 6.07) is 16.2. The Kier molecular flexibility index (Phi) is 8.05. The van der Waals surface area contributed by atoms with Gasteiger partial charge in [-0.25, -0.2) is 0 Å². The molecule has 0 unspecified atom stereocenters. The summed E-state index contributed by atoms with van der Waals surface area (Å²) < 4.78 is 7.29. The van der Waals surface area contributed by atoms with Crippen LogP contribution in [-0.2, 0) is 17.9 Å². The summed E-state index contributed by atoms with van der Waals surface area (Å²) >= 11 is 1.30. The molecule has 2 N–H and O–H groups in total. The van der Waals surface area contributed by atoms with Crippen LogP contribution in [0.3, 0.4) is 0 Å². The lowest BCUT2D eigenvalue weighted by molar-refractivity contribution is -0.113. The van der Waals surface area contributed by atoms with E-state index in [9.17, 15) is 9.59 Å². The number of hydrogen-bond donors (Lipinski definition) is 2. The van der Waals surface area contributed by atoms with Crippen LogP contribution in [0.25, 0.3) is 0 Å². The number of carbonyl (C=O) groups excluding carboxylic acids is 2. The highest BCUT2D eigenvalue weighted by Gasteiger charge is 2.14. The maximum Gasteiger partial charge on any atom is 0.251 e. The van der Waals surface area contributed by atoms with E-state index in [0.717, 1.165) is 5.75 Å². The molecule has 0 saturated carbocycles. The fraction of sp³-hybridized carbons (Fsp3) is 0.273. The Balaban J connectivity index is 1.53. The SMILES string of the molecule is CCOc1ccc(NC(=O)CSc2nnc(CNC(=O)c3ccccc3)n2CC)cc1. The van der Waals surface area contributed by atoms with Crippen molar-refractivity contribution in [2.75, 3.05) is 17.7 Å². The number of thioether (sulfide) groups is 1. The molecule has 1 aromatic heterocycles. The lowest BCUT2D eigenvalue weighted by atomic mass is 10.2. The Morgan fingerprint density at radius 3 is 2.45 bits per heavy atom. The van der Waals surface area contributed by atoms with Crippen molar-refractivity contribution in [3.05, 3.63) is 66.0 Å². The van der Waals surface area contributed by atoms with Gasteiger partial charge in [0, 0.05) is 17.8 Å². The Morgan fingerprint density at radius 2 is 1.77 bits per heavy atom.